The Bertz CT molecular complexity index is 866. The van der Waals surface area contributed by atoms with Crippen LogP contribution in [0, 0.1) is 0 Å². The SMILES string of the molecule is CCN(CC)c1ccc(/C=N\NC(=O)CNc2n[nH]c(=O)[nH]c2=O)cc1. The summed E-state index contributed by atoms with van der Waals surface area (Å²) < 4.78 is 0. The molecule has 0 atom stereocenters. The van der Waals surface area contributed by atoms with Crippen LogP contribution >= 0.6 is 0 Å². The molecule has 10 heteroatoms. The average molecular weight is 359 g/mol. The van der Waals surface area contributed by atoms with Gasteiger partial charge in [-0.25, -0.2) is 15.3 Å². The molecule has 1 aromatic heterocycles. The van der Waals surface area contributed by atoms with Gasteiger partial charge in [0.25, 0.3) is 11.5 Å². The fourth-order valence-corrected chi connectivity index (χ4v) is 2.21. The minimum Gasteiger partial charge on any atom is -0.372 e. The van der Waals surface area contributed by atoms with Gasteiger partial charge in [-0.1, -0.05) is 12.1 Å². The van der Waals surface area contributed by atoms with Gasteiger partial charge in [0.2, 0.25) is 5.82 Å². The number of nitrogens with one attached hydrogen (secondary N) is 4. The van der Waals surface area contributed by atoms with E-state index in [1.807, 2.05) is 29.2 Å². The van der Waals surface area contributed by atoms with Crippen molar-refractivity contribution in [3.05, 3.63) is 50.7 Å². The number of aromatic nitrogens is 3. The first-order valence-electron chi connectivity index (χ1n) is 8.13. The van der Waals surface area contributed by atoms with Gasteiger partial charge in [-0.05, 0) is 31.5 Å². The maximum atomic E-state index is 11.7. The number of H-pyrrole nitrogens is 2. The maximum absolute atomic E-state index is 11.7. The third-order valence-corrected chi connectivity index (χ3v) is 3.55. The van der Waals surface area contributed by atoms with Gasteiger partial charge in [-0.3, -0.25) is 14.6 Å². The third-order valence-electron chi connectivity index (χ3n) is 3.55. The fourth-order valence-electron chi connectivity index (χ4n) is 2.21. The average Bonchev–Trinajstić information content (AvgIpc) is 2.63. The molecular formula is C16H21N7O3. The molecule has 1 amide bonds. The molecule has 1 aromatic carbocycles. The Balaban J connectivity index is 1.84. The molecule has 0 aliphatic carbocycles. The Morgan fingerprint density at radius 3 is 2.54 bits per heavy atom. The van der Waals surface area contributed by atoms with E-state index in [1.54, 1.807) is 0 Å². The summed E-state index contributed by atoms with van der Waals surface area (Å²) in [5.74, 6) is -0.621. The van der Waals surface area contributed by atoms with E-state index in [1.165, 1.54) is 6.21 Å². The molecule has 10 nitrogen and oxygen atoms in total. The van der Waals surface area contributed by atoms with Gasteiger partial charge in [-0.15, -0.1) is 5.10 Å². The van der Waals surface area contributed by atoms with Crippen LogP contribution in [0.1, 0.15) is 19.4 Å². The summed E-state index contributed by atoms with van der Waals surface area (Å²) in [7, 11) is 0. The van der Waals surface area contributed by atoms with Crippen LogP contribution in [0.25, 0.3) is 0 Å². The van der Waals surface area contributed by atoms with E-state index < -0.39 is 17.2 Å². The molecular weight excluding hydrogens is 338 g/mol. The van der Waals surface area contributed by atoms with E-state index >= 15 is 0 Å². The second kappa shape index (κ2) is 9.16. The highest BCUT2D eigenvalue weighted by Crippen LogP contribution is 2.13. The molecule has 0 saturated carbocycles. The van der Waals surface area contributed by atoms with Gasteiger partial charge in [0.15, 0.2) is 0 Å². The monoisotopic (exact) mass is 359 g/mol. The van der Waals surface area contributed by atoms with Gasteiger partial charge in [-0.2, -0.15) is 5.10 Å². The van der Waals surface area contributed by atoms with Crippen molar-refractivity contribution in [2.75, 3.05) is 29.9 Å². The number of aromatic amines is 2. The van der Waals surface area contributed by atoms with Crippen molar-refractivity contribution >= 4 is 23.6 Å². The van der Waals surface area contributed by atoms with Crippen LogP contribution in [0.3, 0.4) is 0 Å². The molecule has 26 heavy (non-hydrogen) atoms. The van der Waals surface area contributed by atoms with Gasteiger partial charge >= 0.3 is 5.69 Å². The lowest BCUT2D eigenvalue weighted by Crippen LogP contribution is -2.31. The number of rotatable bonds is 8. The summed E-state index contributed by atoms with van der Waals surface area (Å²) in [4.78, 5) is 38.2. The Labute approximate surface area is 149 Å². The standard InChI is InChI=1S/C16H21N7O3/c1-3-23(4-2)12-7-5-11(6-8-12)9-18-20-13(24)10-17-14-15(25)19-16(26)22-21-14/h5-9H,3-4,10H2,1-2H3,(H,17,21)(H,20,24)(H2,19,22,25,26)/b18-9-. The zero-order valence-electron chi connectivity index (χ0n) is 14.6. The van der Waals surface area contributed by atoms with Crippen molar-refractivity contribution in [1.29, 1.82) is 0 Å². The number of benzene rings is 1. The summed E-state index contributed by atoms with van der Waals surface area (Å²) in [5, 5.41) is 11.9. The van der Waals surface area contributed by atoms with Crippen molar-refractivity contribution in [1.82, 2.24) is 20.6 Å². The zero-order valence-corrected chi connectivity index (χ0v) is 14.6. The van der Waals surface area contributed by atoms with E-state index in [-0.39, 0.29) is 12.4 Å². The predicted octanol–water partition coefficient (Wildman–Crippen LogP) is -0.133. The molecule has 0 bridgehead atoms. The number of carbonyl (C=O) groups excluding carboxylic acids is 1. The topological polar surface area (TPSA) is 135 Å². The van der Waals surface area contributed by atoms with Crippen molar-refractivity contribution in [3.63, 3.8) is 0 Å². The van der Waals surface area contributed by atoms with Crippen LogP contribution in [-0.2, 0) is 4.79 Å². The molecule has 0 aliphatic rings. The highest BCUT2D eigenvalue weighted by atomic mass is 16.2. The second-order valence-corrected chi connectivity index (χ2v) is 5.27. The van der Waals surface area contributed by atoms with Gasteiger partial charge < -0.3 is 10.2 Å². The van der Waals surface area contributed by atoms with Crippen LogP contribution in [0.5, 0.6) is 0 Å². The number of anilines is 2. The Morgan fingerprint density at radius 1 is 1.23 bits per heavy atom. The van der Waals surface area contributed by atoms with Crippen LogP contribution in [0.4, 0.5) is 11.5 Å². The van der Waals surface area contributed by atoms with Crippen molar-refractivity contribution in [2.45, 2.75) is 13.8 Å². The molecule has 0 saturated heterocycles. The molecule has 0 radical (unpaired) electrons. The van der Waals surface area contributed by atoms with Crippen molar-refractivity contribution in [3.8, 4) is 0 Å². The normalized spacial score (nSPS) is 10.7. The number of amides is 1. The Hall–Kier alpha value is -3.43. The molecule has 0 spiro atoms. The van der Waals surface area contributed by atoms with E-state index in [0.717, 1.165) is 24.3 Å². The first kappa shape index (κ1) is 18.9. The van der Waals surface area contributed by atoms with Crippen molar-refractivity contribution < 1.29 is 4.79 Å². The van der Waals surface area contributed by atoms with Crippen molar-refractivity contribution in [2.24, 2.45) is 5.10 Å². The largest absolute Gasteiger partial charge is 0.372 e. The predicted molar refractivity (Wildman–Crippen MR) is 99.7 cm³/mol. The lowest BCUT2D eigenvalue weighted by Gasteiger charge is -2.20. The minimum atomic E-state index is -0.721. The van der Waals surface area contributed by atoms with Crippen LogP contribution in [-0.4, -0.2) is 46.9 Å². The van der Waals surface area contributed by atoms with E-state index in [2.05, 4.69) is 44.8 Å². The zero-order chi connectivity index (χ0) is 18.9. The number of carbonyl (C=O) groups is 1. The number of hydrogen-bond donors (Lipinski definition) is 4. The molecule has 4 N–H and O–H groups in total. The maximum Gasteiger partial charge on any atom is 0.342 e. The van der Waals surface area contributed by atoms with Crippen LogP contribution in [0.15, 0.2) is 39.0 Å². The molecule has 0 fully saturated rings. The first-order valence-corrected chi connectivity index (χ1v) is 8.13. The van der Waals surface area contributed by atoms with Crippen LogP contribution in [0.2, 0.25) is 0 Å². The highest BCUT2D eigenvalue weighted by molar-refractivity contribution is 5.84. The summed E-state index contributed by atoms with van der Waals surface area (Å²) >= 11 is 0. The lowest BCUT2D eigenvalue weighted by atomic mass is 10.2. The number of hydrazone groups is 1. The van der Waals surface area contributed by atoms with E-state index in [4.69, 9.17) is 0 Å². The quantitative estimate of drug-likeness (QED) is 0.383. The smallest absolute Gasteiger partial charge is 0.342 e. The molecule has 138 valence electrons. The summed E-state index contributed by atoms with van der Waals surface area (Å²) in [5.41, 5.74) is 2.87. The molecule has 2 rings (SSSR count). The summed E-state index contributed by atoms with van der Waals surface area (Å²) in [6.07, 6.45) is 1.52. The fraction of sp³-hybridized carbons (Fsp3) is 0.312. The molecule has 2 aromatic rings. The number of hydrogen-bond acceptors (Lipinski definition) is 7. The lowest BCUT2D eigenvalue weighted by molar-refractivity contribution is -0.119. The van der Waals surface area contributed by atoms with Gasteiger partial charge in [0.05, 0.1) is 12.8 Å². The van der Waals surface area contributed by atoms with E-state index in [9.17, 15) is 14.4 Å². The highest BCUT2D eigenvalue weighted by Gasteiger charge is 2.05. The van der Waals surface area contributed by atoms with Crippen LogP contribution < -0.4 is 26.9 Å². The van der Waals surface area contributed by atoms with Gasteiger partial charge in [0.1, 0.15) is 0 Å². The Morgan fingerprint density at radius 2 is 1.92 bits per heavy atom. The minimum absolute atomic E-state index is 0.157. The third kappa shape index (κ3) is 5.30. The molecule has 0 unspecified atom stereocenters. The summed E-state index contributed by atoms with van der Waals surface area (Å²) in [6, 6.07) is 7.80. The van der Waals surface area contributed by atoms with E-state index in [0.29, 0.717) is 0 Å². The Kier molecular flexibility index (Phi) is 6.66. The molecule has 1 heterocycles. The second-order valence-electron chi connectivity index (χ2n) is 5.27. The number of nitrogens with zero attached hydrogens (tertiary/aromatic N) is 3. The first-order chi connectivity index (χ1) is 12.5. The van der Waals surface area contributed by atoms with Gasteiger partial charge in [0, 0.05) is 18.8 Å². The molecule has 0 aliphatic heterocycles. The summed E-state index contributed by atoms with van der Waals surface area (Å²) in [6.45, 7) is 5.83.